The van der Waals surface area contributed by atoms with Crippen molar-refractivity contribution in [2.75, 3.05) is 0 Å². The normalized spacial score (nSPS) is 18.8. The molecule has 0 saturated carbocycles. The van der Waals surface area contributed by atoms with Crippen LogP contribution in [0.2, 0.25) is 0 Å². The van der Waals surface area contributed by atoms with Crippen molar-refractivity contribution in [2.24, 2.45) is 7.05 Å². The number of rotatable bonds is 2. The summed E-state index contributed by atoms with van der Waals surface area (Å²) in [6.45, 7) is 0. The molecule has 2 heterocycles. The Bertz CT molecular complexity index is 775. The molecule has 3 rings (SSSR count). The molecule has 6 nitrogen and oxygen atoms in total. The third-order valence-corrected chi connectivity index (χ3v) is 3.88. The summed E-state index contributed by atoms with van der Waals surface area (Å²) in [6.07, 6.45) is 2.63. The smallest absolute Gasteiger partial charge is 0.335 e. The highest BCUT2D eigenvalue weighted by Crippen LogP contribution is 2.32. The van der Waals surface area contributed by atoms with Gasteiger partial charge >= 0.3 is 5.97 Å². The molecule has 108 valence electrons. The Morgan fingerprint density at radius 1 is 1.38 bits per heavy atom. The summed E-state index contributed by atoms with van der Waals surface area (Å²) < 4.78 is 1.81. The van der Waals surface area contributed by atoms with Gasteiger partial charge in [0.05, 0.1) is 11.5 Å². The minimum atomic E-state index is -0.986. The number of imide groups is 1. The predicted molar refractivity (Wildman–Crippen MR) is 75.0 cm³/mol. The second-order valence-corrected chi connectivity index (χ2v) is 5.24. The van der Waals surface area contributed by atoms with Crippen LogP contribution in [0.5, 0.6) is 0 Å². The molecule has 0 bridgehead atoms. The number of aryl methyl sites for hydroxylation is 1. The van der Waals surface area contributed by atoms with Crippen LogP contribution in [0, 0.1) is 0 Å². The first-order valence-corrected chi connectivity index (χ1v) is 6.63. The van der Waals surface area contributed by atoms with Crippen molar-refractivity contribution in [3.05, 3.63) is 35.5 Å². The summed E-state index contributed by atoms with van der Waals surface area (Å²) >= 11 is 0. The Hall–Kier alpha value is -2.63. The monoisotopic (exact) mass is 286 g/mol. The first-order valence-electron chi connectivity index (χ1n) is 6.63. The van der Waals surface area contributed by atoms with Gasteiger partial charge in [-0.05, 0) is 24.1 Å². The van der Waals surface area contributed by atoms with Gasteiger partial charge in [0.1, 0.15) is 0 Å². The number of carboxylic acid groups (broad SMARTS) is 1. The lowest BCUT2D eigenvalue weighted by Gasteiger charge is -2.20. The van der Waals surface area contributed by atoms with Gasteiger partial charge in [-0.25, -0.2) is 4.79 Å². The lowest BCUT2D eigenvalue weighted by Crippen LogP contribution is -2.39. The van der Waals surface area contributed by atoms with Crippen molar-refractivity contribution in [3.63, 3.8) is 0 Å². The molecule has 21 heavy (non-hydrogen) atoms. The maximum Gasteiger partial charge on any atom is 0.335 e. The number of amides is 2. The van der Waals surface area contributed by atoms with Crippen LogP contribution < -0.4 is 5.32 Å². The minimum absolute atomic E-state index is 0.207. The van der Waals surface area contributed by atoms with E-state index in [1.807, 2.05) is 13.2 Å². The number of hydrogen-bond acceptors (Lipinski definition) is 3. The Kier molecular flexibility index (Phi) is 3.01. The quantitative estimate of drug-likeness (QED) is 0.817. The highest BCUT2D eigenvalue weighted by Gasteiger charge is 2.30. The van der Waals surface area contributed by atoms with Gasteiger partial charge in [0, 0.05) is 30.6 Å². The first-order chi connectivity index (χ1) is 9.97. The molecule has 1 aromatic heterocycles. The van der Waals surface area contributed by atoms with E-state index in [0.717, 1.165) is 16.5 Å². The Morgan fingerprint density at radius 2 is 2.14 bits per heavy atom. The van der Waals surface area contributed by atoms with E-state index in [0.29, 0.717) is 12.8 Å². The summed E-state index contributed by atoms with van der Waals surface area (Å²) in [6, 6.07) is 4.84. The van der Waals surface area contributed by atoms with Gasteiger partial charge in [-0.3, -0.25) is 14.9 Å². The maximum absolute atomic E-state index is 12.0. The van der Waals surface area contributed by atoms with Crippen LogP contribution in [0.15, 0.2) is 24.4 Å². The Labute approximate surface area is 120 Å². The number of hydrogen-bond donors (Lipinski definition) is 2. The lowest BCUT2D eigenvalue weighted by atomic mass is 9.90. The summed E-state index contributed by atoms with van der Waals surface area (Å²) in [5.41, 5.74) is 1.79. The molecule has 2 N–H and O–H groups in total. The first kappa shape index (κ1) is 13.4. The van der Waals surface area contributed by atoms with E-state index in [4.69, 9.17) is 5.11 Å². The van der Waals surface area contributed by atoms with Crippen molar-refractivity contribution in [1.82, 2.24) is 9.88 Å². The van der Waals surface area contributed by atoms with Gasteiger partial charge in [-0.2, -0.15) is 0 Å². The highest BCUT2D eigenvalue weighted by molar-refractivity contribution is 6.03. The SMILES string of the molecule is Cn1cc(C2CCC(=O)NC2=O)c2ccc(C(=O)O)cc21. The lowest BCUT2D eigenvalue weighted by molar-refractivity contribution is -0.134. The third kappa shape index (κ3) is 2.18. The van der Waals surface area contributed by atoms with Gasteiger partial charge in [0.2, 0.25) is 11.8 Å². The average Bonchev–Trinajstić information content (AvgIpc) is 2.75. The fourth-order valence-corrected chi connectivity index (χ4v) is 2.82. The number of nitrogens with one attached hydrogen (secondary N) is 1. The van der Waals surface area contributed by atoms with Crippen LogP contribution in [-0.2, 0) is 16.6 Å². The number of carboxylic acids is 1. The summed E-state index contributed by atoms with van der Waals surface area (Å²) in [5.74, 6) is -1.89. The van der Waals surface area contributed by atoms with Crippen molar-refractivity contribution in [1.29, 1.82) is 0 Å². The molecule has 2 amide bonds. The van der Waals surface area contributed by atoms with Crippen molar-refractivity contribution < 1.29 is 19.5 Å². The van der Waals surface area contributed by atoms with E-state index in [1.165, 1.54) is 6.07 Å². The van der Waals surface area contributed by atoms with E-state index in [1.54, 1.807) is 16.7 Å². The predicted octanol–water partition coefficient (Wildman–Crippen LogP) is 1.40. The number of carbonyl (C=O) groups is 3. The van der Waals surface area contributed by atoms with E-state index >= 15 is 0 Å². The molecule has 0 spiro atoms. The van der Waals surface area contributed by atoms with Gasteiger partial charge in [0.25, 0.3) is 0 Å². The fraction of sp³-hybridized carbons (Fsp3) is 0.267. The number of nitrogens with zero attached hydrogens (tertiary/aromatic N) is 1. The van der Waals surface area contributed by atoms with Crippen LogP contribution in [-0.4, -0.2) is 27.5 Å². The van der Waals surface area contributed by atoms with Gasteiger partial charge in [0.15, 0.2) is 0 Å². The molecule has 1 atom stereocenters. The zero-order valence-corrected chi connectivity index (χ0v) is 11.4. The molecule has 1 fully saturated rings. The molecule has 1 aliphatic heterocycles. The van der Waals surface area contributed by atoms with Crippen LogP contribution >= 0.6 is 0 Å². The maximum atomic E-state index is 12.0. The number of benzene rings is 1. The summed E-state index contributed by atoms with van der Waals surface area (Å²) in [5, 5.41) is 12.2. The number of fused-ring (bicyclic) bond motifs is 1. The second kappa shape index (κ2) is 4.73. The zero-order chi connectivity index (χ0) is 15.1. The molecule has 2 aromatic rings. The number of piperidine rings is 1. The standard InChI is InChI=1S/C15H14N2O4/c1-17-7-11(10-4-5-13(18)16-14(10)19)9-3-2-8(15(20)21)6-12(9)17/h2-3,6-7,10H,4-5H2,1H3,(H,20,21)(H,16,18,19). The molecule has 1 saturated heterocycles. The van der Waals surface area contributed by atoms with E-state index < -0.39 is 5.97 Å². The van der Waals surface area contributed by atoms with Crippen LogP contribution in [0.3, 0.4) is 0 Å². The average molecular weight is 286 g/mol. The number of carbonyl (C=O) groups excluding carboxylic acids is 2. The van der Waals surface area contributed by atoms with Crippen LogP contribution in [0.25, 0.3) is 10.9 Å². The van der Waals surface area contributed by atoms with Gasteiger partial charge < -0.3 is 9.67 Å². The molecule has 1 aliphatic rings. The fourth-order valence-electron chi connectivity index (χ4n) is 2.82. The largest absolute Gasteiger partial charge is 0.478 e. The Morgan fingerprint density at radius 3 is 2.81 bits per heavy atom. The van der Waals surface area contributed by atoms with E-state index in [2.05, 4.69) is 5.32 Å². The third-order valence-electron chi connectivity index (χ3n) is 3.88. The molecular formula is C15H14N2O4. The molecular weight excluding hydrogens is 272 g/mol. The minimum Gasteiger partial charge on any atom is -0.478 e. The van der Waals surface area contributed by atoms with E-state index in [-0.39, 0.29) is 23.3 Å². The topological polar surface area (TPSA) is 88.4 Å². The van der Waals surface area contributed by atoms with Gasteiger partial charge in [-0.1, -0.05) is 6.07 Å². The van der Waals surface area contributed by atoms with E-state index in [9.17, 15) is 14.4 Å². The molecule has 1 aromatic carbocycles. The van der Waals surface area contributed by atoms with Crippen molar-refractivity contribution >= 4 is 28.7 Å². The van der Waals surface area contributed by atoms with Crippen LogP contribution in [0.1, 0.15) is 34.7 Å². The number of aromatic nitrogens is 1. The highest BCUT2D eigenvalue weighted by atomic mass is 16.4. The molecule has 0 aliphatic carbocycles. The molecule has 0 radical (unpaired) electrons. The second-order valence-electron chi connectivity index (χ2n) is 5.24. The zero-order valence-electron chi connectivity index (χ0n) is 11.4. The Balaban J connectivity index is 2.10. The van der Waals surface area contributed by atoms with Crippen molar-refractivity contribution in [3.8, 4) is 0 Å². The molecule has 6 heteroatoms. The summed E-state index contributed by atoms with van der Waals surface area (Å²) in [4.78, 5) is 34.3. The molecule has 1 unspecified atom stereocenters. The van der Waals surface area contributed by atoms with Crippen LogP contribution in [0.4, 0.5) is 0 Å². The van der Waals surface area contributed by atoms with Crippen molar-refractivity contribution in [2.45, 2.75) is 18.8 Å². The summed E-state index contributed by atoms with van der Waals surface area (Å²) in [7, 11) is 1.81. The van der Waals surface area contributed by atoms with Gasteiger partial charge in [-0.15, -0.1) is 0 Å². The number of aromatic carboxylic acids is 1.